The van der Waals surface area contributed by atoms with Gasteiger partial charge in [-0.2, -0.15) is 0 Å². The first-order chi connectivity index (χ1) is 7.41. The summed E-state index contributed by atoms with van der Waals surface area (Å²) in [5.74, 6) is -0.991. The molecule has 0 aliphatic carbocycles. The van der Waals surface area contributed by atoms with Crippen LogP contribution in [0.4, 0.5) is 13.2 Å². The number of rotatable bonds is 1. The van der Waals surface area contributed by atoms with Gasteiger partial charge in [-0.1, -0.05) is 0 Å². The highest BCUT2D eigenvalue weighted by molar-refractivity contribution is 6.03. The molecular formula is C9H6F3N3O. The molecule has 7 heteroatoms. The van der Waals surface area contributed by atoms with Crippen molar-refractivity contribution in [3.05, 3.63) is 30.2 Å². The predicted octanol–water partition coefficient (Wildman–Crippen LogP) is 1.61. The first-order valence-corrected chi connectivity index (χ1v) is 4.24. The summed E-state index contributed by atoms with van der Waals surface area (Å²) < 4.78 is 37.8. The van der Waals surface area contributed by atoms with Gasteiger partial charge in [-0.05, 0) is 12.1 Å². The van der Waals surface area contributed by atoms with E-state index in [0.717, 1.165) is 6.20 Å². The van der Waals surface area contributed by atoms with Crippen molar-refractivity contribution in [1.82, 2.24) is 9.55 Å². The number of pyridine rings is 1. The van der Waals surface area contributed by atoms with Gasteiger partial charge in [-0.3, -0.25) is 9.36 Å². The van der Waals surface area contributed by atoms with Crippen LogP contribution in [-0.4, -0.2) is 15.5 Å². The second kappa shape index (κ2) is 3.22. The molecule has 0 unspecified atom stereocenters. The SMILES string of the molecule is NC(=O)c1nccc2ccn(C(F)(F)F)c12. The molecule has 0 radical (unpaired) electrons. The first-order valence-electron chi connectivity index (χ1n) is 4.24. The summed E-state index contributed by atoms with van der Waals surface area (Å²) in [6, 6.07) is 2.63. The molecule has 2 N–H and O–H groups in total. The molecule has 0 bridgehead atoms. The lowest BCUT2D eigenvalue weighted by Crippen LogP contribution is -2.20. The Labute approximate surface area is 87.5 Å². The van der Waals surface area contributed by atoms with E-state index < -0.39 is 12.2 Å². The Bertz CT molecular complexity index is 559. The number of hydrogen-bond acceptors (Lipinski definition) is 2. The van der Waals surface area contributed by atoms with Crippen molar-refractivity contribution in [3.63, 3.8) is 0 Å². The number of primary amides is 1. The summed E-state index contributed by atoms with van der Waals surface area (Å²) in [5.41, 5.74) is 4.26. The smallest absolute Gasteiger partial charge is 0.364 e. The van der Waals surface area contributed by atoms with E-state index in [0.29, 0.717) is 0 Å². The fraction of sp³-hybridized carbons (Fsp3) is 0.111. The van der Waals surface area contributed by atoms with Gasteiger partial charge in [0, 0.05) is 17.8 Å². The summed E-state index contributed by atoms with van der Waals surface area (Å²) >= 11 is 0. The molecule has 84 valence electrons. The molecule has 0 spiro atoms. The lowest BCUT2D eigenvalue weighted by atomic mass is 10.2. The van der Waals surface area contributed by atoms with Crippen LogP contribution >= 0.6 is 0 Å². The Morgan fingerprint density at radius 1 is 1.38 bits per heavy atom. The van der Waals surface area contributed by atoms with Gasteiger partial charge in [0.05, 0.1) is 5.52 Å². The Morgan fingerprint density at radius 2 is 2.06 bits per heavy atom. The van der Waals surface area contributed by atoms with E-state index in [-0.39, 0.29) is 21.2 Å². The number of halogens is 3. The van der Waals surface area contributed by atoms with Crippen LogP contribution in [0.25, 0.3) is 10.9 Å². The van der Waals surface area contributed by atoms with Crippen LogP contribution in [-0.2, 0) is 6.30 Å². The van der Waals surface area contributed by atoms with Crippen LogP contribution in [0.3, 0.4) is 0 Å². The summed E-state index contributed by atoms with van der Waals surface area (Å²) in [6.45, 7) is 0. The highest BCUT2D eigenvalue weighted by Crippen LogP contribution is 2.29. The van der Waals surface area contributed by atoms with Crippen LogP contribution in [0.15, 0.2) is 24.5 Å². The van der Waals surface area contributed by atoms with E-state index in [1.165, 1.54) is 18.3 Å². The van der Waals surface area contributed by atoms with Crippen molar-refractivity contribution in [2.45, 2.75) is 6.30 Å². The number of amides is 1. The second-order valence-electron chi connectivity index (χ2n) is 3.12. The quantitative estimate of drug-likeness (QED) is 0.807. The largest absolute Gasteiger partial charge is 0.488 e. The third-order valence-electron chi connectivity index (χ3n) is 2.11. The molecule has 0 aromatic carbocycles. The number of carbonyl (C=O) groups is 1. The van der Waals surface area contributed by atoms with Crippen LogP contribution in [0.5, 0.6) is 0 Å². The van der Waals surface area contributed by atoms with Crippen LogP contribution in [0.1, 0.15) is 10.5 Å². The number of nitrogens with two attached hydrogens (primary N) is 1. The van der Waals surface area contributed by atoms with Crippen molar-refractivity contribution >= 4 is 16.8 Å². The van der Waals surface area contributed by atoms with Gasteiger partial charge in [0.1, 0.15) is 0 Å². The molecular weight excluding hydrogens is 223 g/mol. The molecule has 0 aliphatic rings. The minimum atomic E-state index is -4.60. The maximum absolute atomic E-state index is 12.6. The Morgan fingerprint density at radius 3 is 2.62 bits per heavy atom. The monoisotopic (exact) mass is 229 g/mol. The van der Waals surface area contributed by atoms with E-state index in [4.69, 9.17) is 5.73 Å². The summed E-state index contributed by atoms with van der Waals surface area (Å²) in [6.07, 6.45) is -2.53. The Balaban J connectivity index is 2.83. The maximum atomic E-state index is 12.6. The van der Waals surface area contributed by atoms with Crippen molar-refractivity contribution in [3.8, 4) is 0 Å². The zero-order valence-corrected chi connectivity index (χ0v) is 7.82. The number of alkyl halides is 3. The average molecular weight is 229 g/mol. The molecule has 0 saturated carbocycles. The van der Waals surface area contributed by atoms with E-state index in [1.54, 1.807) is 0 Å². The number of hydrogen-bond donors (Lipinski definition) is 1. The standard InChI is InChI=1S/C9H6F3N3O/c10-9(11,12)15-4-2-5-1-3-14-6(7(5)15)8(13)16/h1-4H,(H2,13,16). The Hall–Kier alpha value is -2.05. The zero-order valence-electron chi connectivity index (χ0n) is 7.82. The zero-order chi connectivity index (χ0) is 11.9. The second-order valence-corrected chi connectivity index (χ2v) is 3.12. The first kappa shape index (κ1) is 10.5. The van der Waals surface area contributed by atoms with Crippen molar-refractivity contribution in [2.75, 3.05) is 0 Å². The topological polar surface area (TPSA) is 60.9 Å². The molecule has 16 heavy (non-hydrogen) atoms. The lowest BCUT2D eigenvalue weighted by molar-refractivity contribution is -0.200. The van der Waals surface area contributed by atoms with Crippen LogP contribution in [0, 0.1) is 0 Å². The van der Waals surface area contributed by atoms with Gasteiger partial charge >= 0.3 is 6.30 Å². The van der Waals surface area contributed by atoms with Crippen molar-refractivity contribution in [1.29, 1.82) is 0 Å². The fourth-order valence-corrected chi connectivity index (χ4v) is 1.48. The van der Waals surface area contributed by atoms with E-state index in [9.17, 15) is 18.0 Å². The molecule has 2 rings (SSSR count). The Kier molecular flexibility index (Phi) is 2.11. The van der Waals surface area contributed by atoms with Gasteiger partial charge in [0.25, 0.3) is 5.91 Å². The van der Waals surface area contributed by atoms with Gasteiger partial charge < -0.3 is 5.73 Å². The highest BCUT2D eigenvalue weighted by Gasteiger charge is 2.33. The van der Waals surface area contributed by atoms with Gasteiger partial charge in [-0.25, -0.2) is 4.98 Å². The molecule has 1 amide bonds. The summed E-state index contributed by atoms with van der Waals surface area (Å²) in [5, 5.41) is 0.265. The van der Waals surface area contributed by atoms with Crippen molar-refractivity contribution in [2.24, 2.45) is 5.73 Å². The van der Waals surface area contributed by atoms with Gasteiger partial charge in [0.2, 0.25) is 0 Å². The van der Waals surface area contributed by atoms with E-state index >= 15 is 0 Å². The molecule has 0 atom stereocenters. The summed E-state index contributed by atoms with van der Waals surface area (Å²) in [4.78, 5) is 14.5. The summed E-state index contributed by atoms with van der Waals surface area (Å²) in [7, 11) is 0. The fourth-order valence-electron chi connectivity index (χ4n) is 1.48. The molecule has 4 nitrogen and oxygen atoms in total. The molecule has 2 aromatic heterocycles. The molecule has 0 saturated heterocycles. The van der Waals surface area contributed by atoms with Gasteiger partial charge in [-0.15, -0.1) is 13.2 Å². The molecule has 2 heterocycles. The molecule has 0 fully saturated rings. The predicted molar refractivity (Wildman–Crippen MR) is 49.5 cm³/mol. The third-order valence-corrected chi connectivity index (χ3v) is 2.11. The van der Waals surface area contributed by atoms with E-state index in [1.807, 2.05) is 0 Å². The highest BCUT2D eigenvalue weighted by atomic mass is 19.4. The normalized spacial score (nSPS) is 11.9. The number of nitrogens with zero attached hydrogens (tertiary/aromatic N) is 2. The maximum Gasteiger partial charge on any atom is 0.488 e. The lowest BCUT2D eigenvalue weighted by Gasteiger charge is -2.10. The molecule has 0 aliphatic heterocycles. The molecule has 2 aromatic rings. The van der Waals surface area contributed by atoms with Crippen LogP contribution < -0.4 is 5.73 Å². The minimum Gasteiger partial charge on any atom is -0.364 e. The third kappa shape index (κ3) is 1.50. The van der Waals surface area contributed by atoms with Gasteiger partial charge in [0.15, 0.2) is 5.69 Å². The van der Waals surface area contributed by atoms with Crippen LogP contribution in [0.2, 0.25) is 0 Å². The van der Waals surface area contributed by atoms with E-state index in [2.05, 4.69) is 4.98 Å². The minimum absolute atomic E-state index is 0.0232. The number of aromatic nitrogens is 2. The number of fused-ring (bicyclic) bond motifs is 1. The number of carbonyl (C=O) groups excluding carboxylic acids is 1. The average Bonchev–Trinajstić information content (AvgIpc) is 2.59. The van der Waals surface area contributed by atoms with Crippen molar-refractivity contribution < 1.29 is 18.0 Å².